The number of benzene rings is 1. The Morgan fingerprint density at radius 3 is 2.38 bits per heavy atom. The predicted molar refractivity (Wildman–Crippen MR) is 68.4 cm³/mol. The van der Waals surface area contributed by atoms with Crippen molar-refractivity contribution in [2.75, 3.05) is 5.73 Å². The number of hydrogen-bond donors (Lipinski definition) is 1. The Kier molecular flexibility index (Phi) is 3.11. The topological polar surface area (TPSA) is 38.9 Å². The van der Waals surface area contributed by atoms with Crippen molar-refractivity contribution in [3.05, 3.63) is 48.0 Å². The minimum Gasteiger partial charge on any atom is -0.384 e. The van der Waals surface area contributed by atoms with Gasteiger partial charge in [0, 0.05) is 5.56 Å². The highest BCUT2D eigenvalue weighted by Gasteiger charge is 2.03. The van der Waals surface area contributed by atoms with Gasteiger partial charge in [0.25, 0.3) is 0 Å². The number of halogens is 1. The molecule has 3 heteroatoms. The summed E-state index contributed by atoms with van der Waals surface area (Å²) in [6.45, 7) is 1.95. The Morgan fingerprint density at radius 1 is 1.12 bits per heavy atom. The van der Waals surface area contributed by atoms with Crippen LogP contribution in [0.2, 0.25) is 0 Å². The number of aromatic nitrogens is 1. The van der Waals surface area contributed by atoms with Crippen LogP contribution in [-0.2, 0) is 0 Å². The van der Waals surface area contributed by atoms with Gasteiger partial charge < -0.3 is 5.73 Å². The van der Waals surface area contributed by atoms with E-state index < -0.39 is 0 Å². The van der Waals surface area contributed by atoms with Crippen LogP contribution in [0.5, 0.6) is 0 Å². The summed E-state index contributed by atoms with van der Waals surface area (Å²) in [5.74, 6) is 0.535. The zero-order valence-corrected chi connectivity index (χ0v) is 9.78. The van der Waals surface area contributed by atoms with E-state index in [0.29, 0.717) is 5.82 Å². The first-order valence-electron chi connectivity index (χ1n) is 5.14. The van der Waals surface area contributed by atoms with Crippen LogP contribution in [-0.4, -0.2) is 4.98 Å². The highest BCUT2D eigenvalue weighted by Crippen LogP contribution is 2.23. The second kappa shape index (κ2) is 4.54. The molecule has 16 heavy (non-hydrogen) atoms. The number of nitrogens with zero attached hydrogens (tertiary/aromatic N) is 1. The Hall–Kier alpha value is -1.54. The summed E-state index contributed by atoms with van der Waals surface area (Å²) >= 11 is 5.99. The van der Waals surface area contributed by atoms with Crippen molar-refractivity contribution in [2.45, 2.75) is 12.3 Å². The van der Waals surface area contributed by atoms with Crippen LogP contribution < -0.4 is 5.73 Å². The molecule has 2 aromatic rings. The van der Waals surface area contributed by atoms with Gasteiger partial charge in [0.1, 0.15) is 5.82 Å². The minimum absolute atomic E-state index is 0.0304. The van der Waals surface area contributed by atoms with Gasteiger partial charge in [0.15, 0.2) is 0 Å². The molecule has 0 saturated heterocycles. The summed E-state index contributed by atoms with van der Waals surface area (Å²) in [7, 11) is 0. The number of nitrogen functional groups attached to an aromatic ring is 1. The summed E-state index contributed by atoms with van der Waals surface area (Å²) < 4.78 is 0. The lowest BCUT2D eigenvalue weighted by molar-refractivity contribution is 1.08. The molecule has 0 bridgehead atoms. The average Bonchev–Trinajstić information content (AvgIpc) is 2.29. The molecule has 0 aliphatic carbocycles. The monoisotopic (exact) mass is 232 g/mol. The van der Waals surface area contributed by atoms with Crippen molar-refractivity contribution < 1.29 is 0 Å². The number of alkyl halides is 1. The molecule has 1 atom stereocenters. The van der Waals surface area contributed by atoms with Crippen LogP contribution in [0.1, 0.15) is 17.9 Å². The second-order valence-corrected chi connectivity index (χ2v) is 4.34. The van der Waals surface area contributed by atoms with E-state index in [1.165, 1.54) is 0 Å². The quantitative estimate of drug-likeness (QED) is 0.803. The molecule has 2 rings (SSSR count). The van der Waals surface area contributed by atoms with Crippen LogP contribution in [0.4, 0.5) is 5.82 Å². The van der Waals surface area contributed by atoms with E-state index in [-0.39, 0.29) is 5.38 Å². The van der Waals surface area contributed by atoms with Gasteiger partial charge in [-0.05, 0) is 24.6 Å². The van der Waals surface area contributed by atoms with Gasteiger partial charge in [0.2, 0.25) is 0 Å². The standard InChI is InChI=1S/C13H13ClN2/c1-9(14)10-5-7-11(8-6-10)12-3-2-4-13(15)16-12/h2-9H,1H3,(H2,15,16). The maximum absolute atomic E-state index is 5.99. The van der Waals surface area contributed by atoms with Gasteiger partial charge >= 0.3 is 0 Å². The maximum atomic E-state index is 5.99. The number of nitrogens with two attached hydrogens (primary N) is 1. The number of hydrogen-bond acceptors (Lipinski definition) is 2. The first kappa shape index (κ1) is 11.0. The van der Waals surface area contributed by atoms with E-state index in [1.807, 2.05) is 43.3 Å². The Balaban J connectivity index is 2.35. The van der Waals surface area contributed by atoms with Crippen LogP contribution in [0.15, 0.2) is 42.5 Å². The molecular formula is C13H13ClN2. The normalized spacial score (nSPS) is 12.4. The van der Waals surface area contributed by atoms with Crippen LogP contribution in [0.3, 0.4) is 0 Å². The molecule has 0 fully saturated rings. The summed E-state index contributed by atoms with van der Waals surface area (Å²) in [6.07, 6.45) is 0. The molecule has 0 aliphatic heterocycles. The molecule has 2 nitrogen and oxygen atoms in total. The Bertz CT molecular complexity index is 478. The molecule has 0 radical (unpaired) electrons. The molecule has 0 amide bonds. The Morgan fingerprint density at radius 2 is 1.81 bits per heavy atom. The van der Waals surface area contributed by atoms with E-state index in [1.54, 1.807) is 6.07 Å². The maximum Gasteiger partial charge on any atom is 0.124 e. The molecule has 1 aromatic carbocycles. The van der Waals surface area contributed by atoms with Crippen LogP contribution >= 0.6 is 11.6 Å². The number of anilines is 1. The molecule has 1 aromatic heterocycles. The SMILES string of the molecule is CC(Cl)c1ccc(-c2cccc(N)n2)cc1. The van der Waals surface area contributed by atoms with Crippen LogP contribution in [0, 0.1) is 0 Å². The number of rotatable bonds is 2. The van der Waals surface area contributed by atoms with E-state index in [4.69, 9.17) is 17.3 Å². The molecular weight excluding hydrogens is 220 g/mol. The highest BCUT2D eigenvalue weighted by atomic mass is 35.5. The lowest BCUT2D eigenvalue weighted by Crippen LogP contribution is -1.91. The third-order valence-corrected chi connectivity index (χ3v) is 2.69. The Labute approximate surface area is 100 Å². The summed E-state index contributed by atoms with van der Waals surface area (Å²) in [4.78, 5) is 4.26. The molecule has 0 saturated carbocycles. The third kappa shape index (κ3) is 2.34. The fourth-order valence-electron chi connectivity index (χ4n) is 1.53. The molecule has 2 N–H and O–H groups in total. The van der Waals surface area contributed by atoms with E-state index in [9.17, 15) is 0 Å². The van der Waals surface area contributed by atoms with Crippen molar-refractivity contribution in [3.63, 3.8) is 0 Å². The van der Waals surface area contributed by atoms with Gasteiger partial charge in [-0.2, -0.15) is 0 Å². The van der Waals surface area contributed by atoms with Gasteiger partial charge in [0.05, 0.1) is 11.1 Å². The van der Waals surface area contributed by atoms with Crippen molar-refractivity contribution in [2.24, 2.45) is 0 Å². The van der Waals surface area contributed by atoms with Crippen molar-refractivity contribution in [3.8, 4) is 11.3 Å². The van der Waals surface area contributed by atoms with Crippen molar-refractivity contribution in [1.82, 2.24) is 4.98 Å². The zero-order chi connectivity index (χ0) is 11.5. The van der Waals surface area contributed by atoms with Crippen molar-refractivity contribution in [1.29, 1.82) is 0 Å². The first-order chi connectivity index (χ1) is 7.66. The van der Waals surface area contributed by atoms with Crippen LogP contribution in [0.25, 0.3) is 11.3 Å². The predicted octanol–water partition coefficient (Wildman–Crippen LogP) is 3.63. The second-order valence-electron chi connectivity index (χ2n) is 3.69. The summed E-state index contributed by atoms with van der Waals surface area (Å²) in [6, 6.07) is 13.7. The lowest BCUT2D eigenvalue weighted by Gasteiger charge is -2.05. The lowest BCUT2D eigenvalue weighted by atomic mass is 10.1. The van der Waals surface area contributed by atoms with Crippen molar-refractivity contribution >= 4 is 17.4 Å². The first-order valence-corrected chi connectivity index (χ1v) is 5.57. The van der Waals surface area contributed by atoms with E-state index >= 15 is 0 Å². The van der Waals surface area contributed by atoms with E-state index in [0.717, 1.165) is 16.8 Å². The van der Waals surface area contributed by atoms with E-state index in [2.05, 4.69) is 4.98 Å². The number of pyridine rings is 1. The summed E-state index contributed by atoms with van der Waals surface area (Å²) in [5, 5.41) is 0.0304. The fraction of sp³-hybridized carbons (Fsp3) is 0.154. The smallest absolute Gasteiger partial charge is 0.124 e. The average molecular weight is 233 g/mol. The van der Waals surface area contributed by atoms with Gasteiger partial charge in [-0.1, -0.05) is 30.3 Å². The van der Waals surface area contributed by atoms with Gasteiger partial charge in [-0.25, -0.2) is 4.98 Å². The van der Waals surface area contributed by atoms with Gasteiger partial charge in [-0.3, -0.25) is 0 Å². The van der Waals surface area contributed by atoms with Gasteiger partial charge in [-0.15, -0.1) is 11.6 Å². The largest absolute Gasteiger partial charge is 0.384 e. The summed E-state index contributed by atoms with van der Waals surface area (Å²) in [5.41, 5.74) is 8.68. The molecule has 82 valence electrons. The third-order valence-electron chi connectivity index (χ3n) is 2.44. The minimum atomic E-state index is 0.0304. The molecule has 0 spiro atoms. The molecule has 1 heterocycles. The highest BCUT2D eigenvalue weighted by molar-refractivity contribution is 6.20. The zero-order valence-electron chi connectivity index (χ0n) is 9.02. The molecule has 1 unspecified atom stereocenters. The molecule has 0 aliphatic rings. The fourth-order valence-corrected chi connectivity index (χ4v) is 1.68.